The minimum Gasteiger partial charge on any atom is -0.367 e. The van der Waals surface area contributed by atoms with Crippen molar-refractivity contribution in [3.63, 3.8) is 0 Å². The molecule has 0 unspecified atom stereocenters. The second kappa shape index (κ2) is 3.30. The number of anilines is 1. The van der Waals surface area contributed by atoms with E-state index in [1.54, 1.807) is 10.7 Å². The van der Waals surface area contributed by atoms with Crippen LogP contribution in [-0.2, 0) is 0 Å². The Labute approximate surface area is 92.5 Å². The highest BCUT2D eigenvalue weighted by Crippen LogP contribution is 2.25. The van der Waals surface area contributed by atoms with E-state index in [1.807, 2.05) is 13.0 Å². The molecule has 5 heteroatoms. The van der Waals surface area contributed by atoms with Crippen molar-refractivity contribution in [2.24, 2.45) is 0 Å². The number of aromatic nitrogens is 3. The number of hydrogen-bond acceptors (Lipinski definition) is 4. The van der Waals surface area contributed by atoms with Crippen LogP contribution in [0.1, 0.15) is 28.9 Å². The van der Waals surface area contributed by atoms with Crippen LogP contribution < -0.4 is 5.32 Å². The molecule has 1 fully saturated rings. The molecule has 0 amide bonds. The highest BCUT2D eigenvalue weighted by atomic mass is 16.1. The highest BCUT2D eigenvalue weighted by Gasteiger charge is 2.22. The minimum atomic E-state index is 0.530. The molecule has 0 spiro atoms. The minimum absolute atomic E-state index is 0.530. The normalized spacial score (nSPS) is 15.3. The summed E-state index contributed by atoms with van der Waals surface area (Å²) in [5.41, 5.74) is 2.04. The molecule has 82 valence electrons. The number of carbonyl (C=O) groups is 1. The summed E-state index contributed by atoms with van der Waals surface area (Å²) in [7, 11) is 0. The van der Waals surface area contributed by atoms with Crippen molar-refractivity contribution in [3.05, 3.63) is 23.5 Å². The summed E-state index contributed by atoms with van der Waals surface area (Å²) in [4.78, 5) is 15.1. The van der Waals surface area contributed by atoms with Gasteiger partial charge in [-0.05, 0) is 19.8 Å². The fourth-order valence-corrected chi connectivity index (χ4v) is 1.72. The van der Waals surface area contributed by atoms with E-state index in [9.17, 15) is 4.79 Å². The number of aryl methyl sites for hydroxylation is 1. The van der Waals surface area contributed by atoms with Gasteiger partial charge in [-0.15, -0.1) is 0 Å². The number of carbonyl (C=O) groups excluding carboxylic acids is 1. The van der Waals surface area contributed by atoms with Gasteiger partial charge in [0.05, 0.1) is 11.8 Å². The highest BCUT2D eigenvalue weighted by molar-refractivity contribution is 5.84. The lowest BCUT2D eigenvalue weighted by molar-refractivity contribution is 0.112. The molecule has 0 saturated heterocycles. The van der Waals surface area contributed by atoms with Gasteiger partial charge in [-0.2, -0.15) is 9.61 Å². The van der Waals surface area contributed by atoms with E-state index in [1.165, 1.54) is 12.8 Å². The number of aldehydes is 1. The number of nitrogens with zero attached hydrogens (tertiary/aromatic N) is 3. The second-order valence-electron chi connectivity index (χ2n) is 4.15. The maximum atomic E-state index is 10.8. The Morgan fingerprint density at radius 2 is 2.38 bits per heavy atom. The summed E-state index contributed by atoms with van der Waals surface area (Å²) in [5.74, 6) is 0.915. The molecule has 0 radical (unpaired) electrons. The standard InChI is InChI=1S/C11H12N4O/c1-7-4-10(14-9-2-3-9)15-11(13-7)8(6-16)5-12-15/h4-6,9,14H,2-3H2,1H3. The Balaban J connectivity index is 2.17. The third-order valence-electron chi connectivity index (χ3n) is 2.68. The van der Waals surface area contributed by atoms with Crippen molar-refractivity contribution in [1.82, 2.24) is 14.6 Å². The molecular weight excluding hydrogens is 204 g/mol. The first kappa shape index (κ1) is 9.33. The van der Waals surface area contributed by atoms with Gasteiger partial charge < -0.3 is 5.32 Å². The topological polar surface area (TPSA) is 59.3 Å². The molecular formula is C11H12N4O. The summed E-state index contributed by atoms with van der Waals surface area (Å²) >= 11 is 0. The van der Waals surface area contributed by atoms with Gasteiger partial charge in [-0.3, -0.25) is 4.79 Å². The first-order valence-electron chi connectivity index (χ1n) is 5.35. The Kier molecular flexibility index (Phi) is 1.92. The summed E-state index contributed by atoms with van der Waals surface area (Å²) in [6, 6.07) is 2.50. The average molecular weight is 216 g/mol. The molecule has 16 heavy (non-hydrogen) atoms. The van der Waals surface area contributed by atoms with Crippen molar-refractivity contribution >= 4 is 17.8 Å². The van der Waals surface area contributed by atoms with E-state index >= 15 is 0 Å². The van der Waals surface area contributed by atoms with Crippen LogP contribution in [-0.4, -0.2) is 26.9 Å². The fourth-order valence-electron chi connectivity index (χ4n) is 1.72. The summed E-state index contributed by atoms with van der Waals surface area (Å²) < 4.78 is 1.69. The molecule has 0 aliphatic heterocycles. The van der Waals surface area contributed by atoms with Gasteiger partial charge in [0.2, 0.25) is 0 Å². The van der Waals surface area contributed by atoms with E-state index in [4.69, 9.17) is 0 Å². The zero-order valence-electron chi connectivity index (χ0n) is 8.97. The maximum absolute atomic E-state index is 10.8. The van der Waals surface area contributed by atoms with Crippen molar-refractivity contribution in [2.45, 2.75) is 25.8 Å². The molecule has 2 heterocycles. The zero-order chi connectivity index (χ0) is 11.1. The van der Waals surface area contributed by atoms with Crippen LogP contribution in [0.15, 0.2) is 12.3 Å². The molecule has 1 aliphatic rings. The number of rotatable bonds is 3. The molecule has 2 aromatic rings. The lowest BCUT2D eigenvalue weighted by Gasteiger charge is -2.07. The van der Waals surface area contributed by atoms with Crippen LogP contribution in [0.25, 0.3) is 5.65 Å². The summed E-state index contributed by atoms with van der Waals surface area (Å²) in [6.45, 7) is 1.92. The molecule has 1 saturated carbocycles. The molecule has 0 atom stereocenters. The molecule has 0 bridgehead atoms. The molecule has 0 aromatic carbocycles. The van der Waals surface area contributed by atoms with Gasteiger partial charge in [-0.25, -0.2) is 4.98 Å². The van der Waals surface area contributed by atoms with E-state index in [-0.39, 0.29) is 0 Å². The Morgan fingerprint density at radius 3 is 3.06 bits per heavy atom. The van der Waals surface area contributed by atoms with Gasteiger partial charge in [0.25, 0.3) is 0 Å². The van der Waals surface area contributed by atoms with Crippen molar-refractivity contribution in [3.8, 4) is 0 Å². The third kappa shape index (κ3) is 1.44. The van der Waals surface area contributed by atoms with Crippen LogP contribution >= 0.6 is 0 Å². The van der Waals surface area contributed by atoms with Gasteiger partial charge in [0.15, 0.2) is 11.9 Å². The number of hydrogen-bond donors (Lipinski definition) is 1. The number of fused-ring (bicyclic) bond motifs is 1. The second-order valence-corrected chi connectivity index (χ2v) is 4.15. The van der Waals surface area contributed by atoms with Crippen LogP contribution in [0.5, 0.6) is 0 Å². The monoisotopic (exact) mass is 216 g/mol. The summed E-state index contributed by atoms with van der Waals surface area (Å²) in [6.07, 6.45) is 4.73. The summed E-state index contributed by atoms with van der Waals surface area (Å²) in [5, 5.41) is 7.55. The van der Waals surface area contributed by atoms with Crippen LogP contribution in [0.2, 0.25) is 0 Å². The smallest absolute Gasteiger partial charge is 0.168 e. The van der Waals surface area contributed by atoms with E-state index in [0.717, 1.165) is 17.8 Å². The van der Waals surface area contributed by atoms with E-state index in [0.29, 0.717) is 17.3 Å². The first-order chi connectivity index (χ1) is 7.78. The Bertz CT molecular complexity index is 556. The molecule has 3 rings (SSSR count). The average Bonchev–Trinajstić information content (AvgIpc) is 2.96. The predicted molar refractivity (Wildman–Crippen MR) is 59.8 cm³/mol. The van der Waals surface area contributed by atoms with Gasteiger partial charge in [-0.1, -0.05) is 0 Å². The molecule has 5 nitrogen and oxygen atoms in total. The quantitative estimate of drug-likeness (QED) is 0.788. The van der Waals surface area contributed by atoms with Crippen molar-refractivity contribution in [1.29, 1.82) is 0 Å². The Hall–Kier alpha value is -1.91. The van der Waals surface area contributed by atoms with Crippen LogP contribution in [0.4, 0.5) is 5.82 Å². The fraction of sp³-hybridized carbons (Fsp3) is 0.364. The molecule has 1 N–H and O–H groups in total. The molecule has 1 aliphatic carbocycles. The van der Waals surface area contributed by atoms with Crippen LogP contribution in [0, 0.1) is 6.92 Å². The predicted octanol–water partition coefficient (Wildman–Crippen LogP) is 1.42. The maximum Gasteiger partial charge on any atom is 0.168 e. The largest absolute Gasteiger partial charge is 0.367 e. The molecule has 2 aromatic heterocycles. The van der Waals surface area contributed by atoms with Gasteiger partial charge >= 0.3 is 0 Å². The Morgan fingerprint density at radius 1 is 1.56 bits per heavy atom. The van der Waals surface area contributed by atoms with Crippen molar-refractivity contribution in [2.75, 3.05) is 5.32 Å². The van der Waals surface area contributed by atoms with E-state index in [2.05, 4.69) is 15.4 Å². The van der Waals surface area contributed by atoms with Crippen LogP contribution in [0.3, 0.4) is 0 Å². The lowest BCUT2D eigenvalue weighted by Crippen LogP contribution is -2.08. The van der Waals surface area contributed by atoms with Gasteiger partial charge in [0.1, 0.15) is 5.82 Å². The number of nitrogens with one attached hydrogen (secondary N) is 1. The zero-order valence-corrected chi connectivity index (χ0v) is 8.97. The van der Waals surface area contributed by atoms with Gasteiger partial charge in [0, 0.05) is 17.8 Å². The van der Waals surface area contributed by atoms with E-state index < -0.39 is 0 Å². The lowest BCUT2D eigenvalue weighted by atomic mass is 10.3. The third-order valence-corrected chi connectivity index (χ3v) is 2.68. The first-order valence-corrected chi connectivity index (χ1v) is 5.35. The van der Waals surface area contributed by atoms with Crippen molar-refractivity contribution < 1.29 is 4.79 Å². The SMILES string of the molecule is Cc1cc(NC2CC2)n2ncc(C=O)c2n1.